The third kappa shape index (κ3) is 4.89. The number of carbonyl (C=O) groups is 1. The highest BCUT2D eigenvalue weighted by atomic mass is 32.2. The second-order valence-electron chi connectivity index (χ2n) is 6.79. The lowest BCUT2D eigenvalue weighted by Crippen LogP contribution is -2.40. The van der Waals surface area contributed by atoms with Crippen LogP contribution in [0.4, 0.5) is 5.69 Å². The molecule has 3 rings (SSSR count). The summed E-state index contributed by atoms with van der Waals surface area (Å²) in [6, 6.07) is 22.3. The summed E-state index contributed by atoms with van der Waals surface area (Å²) in [4.78, 5) is 13.1. The molecule has 0 bridgehead atoms. The lowest BCUT2D eigenvalue weighted by Gasteiger charge is -2.23. The molecule has 0 N–H and O–H groups in total. The summed E-state index contributed by atoms with van der Waals surface area (Å²) in [6.45, 7) is 3.64. The molecule has 30 heavy (non-hydrogen) atoms. The van der Waals surface area contributed by atoms with Crippen molar-refractivity contribution in [2.45, 2.75) is 31.6 Å². The number of hydrogen-bond acceptors (Lipinski definition) is 4. The fourth-order valence-corrected chi connectivity index (χ4v) is 4.47. The summed E-state index contributed by atoms with van der Waals surface area (Å²) in [5, 5.41) is 0. The molecule has 156 valence electrons. The van der Waals surface area contributed by atoms with E-state index >= 15 is 0 Å². The third-order valence-corrected chi connectivity index (χ3v) is 6.52. The van der Waals surface area contributed by atoms with Crippen molar-refractivity contribution < 1.29 is 17.9 Å². The van der Waals surface area contributed by atoms with Crippen LogP contribution in [0.2, 0.25) is 0 Å². The monoisotopic (exact) mass is 423 g/mol. The van der Waals surface area contributed by atoms with Gasteiger partial charge in [0.1, 0.15) is 5.75 Å². The molecule has 0 fully saturated rings. The molecular formula is C24H25NO4S. The average molecular weight is 424 g/mol. The molecule has 3 aromatic rings. The number of aryl methyl sites for hydroxylation is 2. The molecule has 1 amide bonds. The Morgan fingerprint density at radius 1 is 0.833 bits per heavy atom. The van der Waals surface area contributed by atoms with Crippen LogP contribution in [0.15, 0.2) is 83.8 Å². The Morgan fingerprint density at radius 3 is 2.13 bits per heavy atom. The quantitative estimate of drug-likeness (QED) is 0.531. The van der Waals surface area contributed by atoms with Crippen molar-refractivity contribution >= 4 is 21.6 Å². The van der Waals surface area contributed by atoms with E-state index in [1.165, 1.54) is 12.1 Å². The van der Waals surface area contributed by atoms with Gasteiger partial charge in [-0.15, -0.1) is 0 Å². The SMILES string of the molecule is CCc1ccc(N(C(=O)COc2cccc(CC)c2)S(=O)(=O)c2ccccc2)cc1. The smallest absolute Gasteiger partial charge is 0.278 e. The maximum atomic E-state index is 13.3. The van der Waals surface area contributed by atoms with Crippen LogP contribution in [0.1, 0.15) is 25.0 Å². The van der Waals surface area contributed by atoms with Crippen LogP contribution >= 0.6 is 0 Å². The maximum absolute atomic E-state index is 13.3. The van der Waals surface area contributed by atoms with Crippen molar-refractivity contribution in [2.24, 2.45) is 0 Å². The molecule has 0 radical (unpaired) electrons. The molecule has 0 aliphatic heterocycles. The Kier molecular flexibility index (Phi) is 6.90. The predicted octanol–water partition coefficient (Wildman–Crippen LogP) is 4.61. The van der Waals surface area contributed by atoms with Gasteiger partial charge in [-0.2, -0.15) is 4.31 Å². The summed E-state index contributed by atoms with van der Waals surface area (Å²) in [5.41, 5.74) is 2.41. The van der Waals surface area contributed by atoms with Crippen LogP contribution < -0.4 is 9.04 Å². The first kappa shape index (κ1) is 21.6. The van der Waals surface area contributed by atoms with Crippen LogP contribution in [0, 0.1) is 0 Å². The third-order valence-electron chi connectivity index (χ3n) is 4.76. The van der Waals surface area contributed by atoms with Gasteiger partial charge in [0.15, 0.2) is 6.61 Å². The summed E-state index contributed by atoms with van der Waals surface area (Å²) in [7, 11) is -4.09. The number of anilines is 1. The number of hydrogen-bond donors (Lipinski definition) is 0. The van der Waals surface area contributed by atoms with Crippen LogP contribution in [-0.4, -0.2) is 20.9 Å². The molecule has 0 heterocycles. The second kappa shape index (κ2) is 9.59. The zero-order valence-corrected chi connectivity index (χ0v) is 17.9. The first-order valence-corrected chi connectivity index (χ1v) is 11.3. The summed E-state index contributed by atoms with van der Waals surface area (Å²) < 4.78 is 33.0. The fourth-order valence-electron chi connectivity index (χ4n) is 3.04. The van der Waals surface area contributed by atoms with Gasteiger partial charge < -0.3 is 4.74 Å². The lowest BCUT2D eigenvalue weighted by atomic mass is 10.1. The molecule has 0 unspecified atom stereocenters. The van der Waals surface area contributed by atoms with E-state index in [4.69, 9.17) is 4.74 Å². The first-order chi connectivity index (χ1) is 14.5. The van der Waals surface area contributed by atoms with E-state index in [0.29, 0.717) is 5.75 Å². The van der Waals surface area contributed by atoms with E-state index < -0.39 is 22.5 Å². The molecule has 0 saturated heterocycles. The van der Waals surface area contributed by atoms with E-state index in [0.717, 1.165) is 28.3 Å². The summed E-state index contributed by atoms with van der Waals surface area (Å²) in [6.07, 6.45) is 1.65. The highest BCUT2D eigenvalue weighted by Crippen LogP contribution is 2.25. The number of benzene rings is 3. The Balaban J connectivity index is 1.92. The number of amides is 1. The van der Waals surface area contributed by atoms with Gasteiger partial charge in [-0.25, -0.2) is 8.42 Å². The van der Waals surface area contributed by atoms with E-state index in [-0.39, 0.29) is 10.6 Å². The molecule has 0 aromatic heterocycles. The largest absolute Gasteiger partial charge is 0.484 e. The first-order valence-electron chi connectivity index (χ1n) is 9.89. The van der Waals surface area contributed by atoms with Crippen LogP contribution in [0.3, 0.4) is 0 Å². The van der Waals surface area contributed by atoms with Crippen LogP contribution in [-0.2, 0) is 27.7 Å². The normalized spacial score (nSPS) is 11.1. The highest BCUT2D eigenvalue weighted by molar-refractivity contribution is 7.93. The van der Waals surface area contributed by atoms with E-state index in [9.17, 15) is 13.2 Å². The van der Waals surface area contributed by atoms with Gasteiger partial charge >= 0.3 is 0 Å². The average Bonchev–Trinajstić information content (AvgIpc) is 2.79. The highest BCUT2D eigenvalue weighted by Gasteiger charge is 2.31. The number of nitrogens with zero attached hydrogens (tertiary/aromatic N) is 1. The molecule has 0 saturated carbocycles. The zero-order valence-electron chi connectivity index (χ0n) is 17.1. The molecule has 0 spiro atoms. The van der Waals surface area contributed by atoms with E-state index in [2.05, 4.69) is 0 Å². The fraction of sp³-hybridized carbons (Fsp3) is 0.208. The molecule has 0 aliphatic rings. The van der Waals surface area contributed by atoms with Crippen molar-refractivity contribution in [1.82, 2.24) is 0 Å². The summed E-state index contributed by atoms with van der Waals surface area (Å²) in [5.74, 6) is -0.133. The van der Waals surface area contributed by atoms with E-state index in [1.807, 2.05) is 44.2 Å². The number of carbonyl (C=O) groups excluding carboxylic acids is 1. The zero-order chi connectivity index (χ0) is 21.6. The molecule has 5 nitrogen and oxygen atoms in total. The second-order valence-corrected chi connectivity index (χ2v) is 8.57. The topological polar surface area (TPSA) is 63.7 Å². The molecular weight excluding hydrogens is 398 g/mol. The number of ether oxygens (including phenoxy) is 1. The minimum Gasteiger partial charge on any atom is -0.484 e. The maximum Gasteiger partial charge on any atom is 0.278 e. The van der Waals surface area contributed by atoms with Gasteiger partial charge in [0.2, 0.25) is 0 Å². The van der Waals surface area contributed by atoms with Crippen molar-refractivity contribution in [1.29, 1.82) is 0 Å². The standard InChI is InChI=1S/C24H25NO4S/c1-3-19-13-15-21(16-14-19)25(30(27,28)23-11-6-5-7-12-23)24(26)18-29-22-10-8-9-20(4-2)17-22/h5-17H,3-4,18H2,1-2H3. The number of rotatable bonds is 8. The van der Waals surface area contributed by atoms with E-state index in [1.54, 1.807) is 36.4 Å². The Hall–Kier alpha value is -3.12. The van der Waals surface area contributed by atoms with Gasteiger partial charge in [-0.1, -0.05) is 56.3 Å². The summed E-state index contributed by atoms with van der Waals surface area (Å²) >= 11 is 0. The lowest BCUT2D eigenvalue weighted by molar-refractivity contribution is -0.119. The molecule has 6 heteroatoms. The molecule has 0 atom stereocenters. The number of sulfonamides is 1. The molecule has 3 aromatic carbocycles. The van der Waals surface area contributed by atoms with Gasteiger partial charge in [0.25, 0.3) is 15.9 Å². The molecule has 0 aliphatic carbocycles. The van der Waals surface area contributed by atoms with Crippen molar-refractivity contribution in [2.75, 3.05) is 10.9 Å². The Morgan fingerprint density at radius 2 is 1.50 bits per heavy atom. The van der Waals surface area contributed by atoms with Gasteiger partial charge in [0.05, 0.1) is 10.6 Å². The van der Waals surface area contributed by atoms with Crippen molar-refractivity contribution in [3.05, 3.63) is 90.0 Å². The van der Waals surface area contributed by atoms with Gasteiger partial charge in [-0.05, 0) is 60.4 Å². The van der Waals surface area contributed by atoms with Crippen LogP contribution in [0.25, 0.3) is 0 Å². The van der Waals surface area contributed by atoms with Gasteiger partial charge in [0, 0.05) is 0 Å². The Labute approximate surface area is 178 Å². The predicted molar refractivity (Wildman–Crippen MR) is 118 cm³/mol. The minimum absolute atomic E-state index is 0.0471. The Bertz CT molecular complexity index is 1090. The minimum atomic E-state index is -4.09. The van der Waals surface area contributed by atoms with Crippen LogP contribution in [0.5, 0.6) is 5.75 Å². The van der Waals surface area contributed by atoms with Crippen molar-refractivity contribution in [3.8, 4) is 5.75 Å². The van der Waals surface area contributed by atoms with Gasteiger partial charge in [-0.3, -0.25) is 4.79 Å². The van der Waals surface area contributed by atoms with Crippen molar-refractivity contribution in [3.63, 3.8) is 0 Å².